The van der Waals surface area contributed by atoms with E-state index in [-0.39, 0.29) is 0 Å². The van der Waals surface area contributed by atoms with Gasteiger partial charge in [-0.3, -0.25) is 0 Å². The quantitative estimate of drug-likeness (QED) is 0.808. The van der Waals surface area contributed by atoms with Crippen molar-refractivity contribution in [3.05, 3.63) is 24.2 Å². The second-order valence-corrected chi connectivity index (χ2v) is 4.97. The Bertz CT molecular complexity index is 331. The average Bonchev–Trinajstić information content (AvgIpc) is 2.83. The maximum absolute atomic E-state index is 5.28. The largest absolute Gasteiger partial charge is 0.469 e. The lowest BCUT2D eigenvalue weighted by Gasteiger charge is -2.24. The Balaban J connectivity index is 1.60. The molecule has 1 aromatic heterocycles. The monoisotopic (exact) mass is 252 g/mol. The van der Waals surface area contributed by atoms with Crippen molar-refractivity contribution in [1.29, 1.82) is 0 Å². The highest BCUT2D eigenvalue weighted by Crippen LogP contribution is 2.17. The van der Waals surface area contributed by atoms with E-state index in [2.05, 4.69) is 10.6 Å². The summed E-state index contributed by atoms with van der Waals surface area (Å²) in [6.07, 6.45) is 9.10. The molecule has 1 aromatic rings. The topological polar surface area (TPSA) is 37.2 Å². The molecule has 0 spiro atoms. The van der Waals surface area contributed by atoms with Gasteiger partial charge in [0.1, 0.15) is 5.76 Å². The van der Waals surface area contributed by atoms with Crippen molar-refractivity contribution in [2.24, 2.45) is 0 Å². The molecule has 4 heteroatoms. The smallest absolute Gasteiger partial charge is 0.166 e. The van der Waals surface area contributed by atoms with Gasteiger partial charge in [0.25, 0.3) is 0 Å². The van der Waals surface area contributed by atoms with Crippen LogP contribution in [-0.2, 0) is 6.42 Å². The number of furan rings is 1. The Morgan fingerprint density at radius 1 is 1.35 bits per heavy atom. The minimum atomic E-state index is 0.576. The Labute approximate surface area is 108 Å². The van der Waals surface area contributed by atoms with Crippen molar-refractivity contribution in [2.75, 3.05) is 6.54 Å². The Morgan fingerprint density at radius 3 is 2.88 bits per heavy atom. The highest BCUT2D eigenvalue weighted by atomic mass is 32.1. The summed E-state index contributed by atoms with van der Waals surface area (Å²) in [5.41, 5.74) is 0. The fraction of sp³-hybridized carbons (Fsp3) is 0.615. The molecule has 0 atom stereocenters. The van der Waals surface area contributed by atoms with E-state index in [9.17, 15) is 0 Å². The van der Waals surface area contributed by atoms with Gasteiger partial charge in [-0.25, -0.2) is 0 Å². The standard InChI is InChI=1S/C13H20N2OS/c17-13(15-11-5-2-1-3-6-11)14-9-8-12-7-4-10-16-12/h4,7,10-11H,1-3,5-6,8-9H2,(H2,14,15,17). The van der Waals surface area contributed by atoms with Crippen LogP contribution in [0.15, 0.2) is 22.8 Å². The van der Waals surface area contributed by atoms with Crippen molar-refractivity contribution < 1.29 is 4.42 Å². The molecule has 0 unspecified atom stereocenters. The van der Waals surface area contributed by atoms with E-state index in [0.717, 1.165) is 23.8 Å². The van der Waals surface area contributed by atoms with E-state index in [0.29, 0.717) is 6.04 Å². The van der Waals surface area contributed by atoms with Crippen LogP contribution in [0, 0.1) is 0 Å². The van der Waals surface area contributed by atoms with Crippen molar-refractivity contribution in [1.82, 2.24) is 10.6 Å². The number of nitrogens with one attached hydrogen (secondary N) is 2. The van der Waals surface area contributed by atoms with Crippen LogP contribution < -0.4 is 10.6 Å². The first-order valence-corrected chi connectivity index (χ1v) is 6.82. The zero-order valence-electron chi connectivity index (χ0n) is 10.1. The zero-order valence-corrected chi connectivity index (χ0v) is 10.9. The molecule has 3 nitrogen and oxygen atoms in total. The first-order valence-electron chi connectivity index (χ1n) is 6.41. The third kappa shape index (κ3) is 4.38. The molecule has 2 N–H and O–H groups in total. The number of hydrogen-bond donors (Lipinski definition) is 2. The van der Waals surface area contributed by atoms with Crippen molar-refractivity contribution >= 4 is 17.3 Å². The fourth-order valence-corrected chi connectivity index (χ4v) is 2.51. The summed E-state index contributed by atoms with van der Waals surface area (Å²) < 4.78 is 5.26. The summed E-state index contributed by atoms with van der Waals surface area (Å²) in [4.78, 5) is 0. The molecule has 0 amide bonds. The van der Waals surface area contributed by atoms with Gasteiger partial charge in [-0.1, -0.05) is 19.3 Å². The number of hydrogen-bond acceptors (Lipinski definition) is 2. The Kier molecular flexibility index (Phi) is 4.86. The van der Waals surface area contributed by atoms with Gasteiger partial charge >= 0.3 is 0 Å². The Morgan fingerprint density at radius 2 is 2.18 bits per heavy atom. The third-order valence-corrected chi connectivity index (χ3v) is 3.44. The maximum atomic E-state index is 5.28. The molecule has 94 valence electrons. The predicted molar refractivity (Wildman–Crippen MR) is 73.0 cm³/mol. The van der Waals surface area contributed by atoms with Gasteiger partial charge in [0.15, 0.2) is 5.11 Å². The fourth-order valence-electron chi connectivity index (χ4n) is 2.24. The van der Waals surface area contributed by atoms with E-state index < -0.39 is 0 Å². The van der Waals surface area contributed by atoms with E-state index in [1.165, 1.54) is 32.1 Å². The molecule has 1 fully saturated rings. The van der Waals surface area contributed by atoms with Crippen molar-refractivity contribution in [3.63, 3.8) is 0 Å². The van der Waals surface area contributed by atoms with E-state index >= 15 is 0 Å². The lowest BCUT2D eigenvalue weighted by atomic mass is 9.96. The van der Waals surface area contributed by atoms with Crippen LogP contribution in [0.2, 0.25) is 0 Å². The summed E-state index contributed by atoms with van der Waals surface area (Å²) in [6.45, 7) is 0.825. The van der Waals surface area contributed by atoms with Gasteiger partial charge in [-0.05, 0) is 37.2 Å². The average molecular weight is 252 g/mol. The van der Waals surface area contributed by atoms with Crippen LogP contribution in [0.1, 0.15) is 37.9 Å². The molecule has 1 aliphatic rings. The van der Waals surface area contributed by atoms with Crippen LogP contribution in [0.4, 0.5) is 0 Å². The molecule has 2 rings (SSSR count). The first kappa shape index (κ1) is 12.4. The summed E-state index contributed by atoms with van der Waals surface area (Å²) in [7, 11) is 0. The van der Waals surface area contributed by atoms with Crippen LogP contribution in [0.25, 0.3) is 0 Å². The minimum Gasteiger partial charge on any atom is -0.469 e. The highest BCUT2D eigenvalue weighted by molar-refractivity contribution is 7.80. The SMILES string of the molecule is S=C(NCCc1ccco1)NC1CCCCC1. The molecule has 0 radical (unpaired) electrons. The van der Waals surface area contributed by atoms with Crippen LogP contribution in [0.5, 0.6) is 0 Å². The van der Waals surface area contributed by atoms with Crippen molar-refractivity contribution in [3.8, 4) is 0 Å². The van der Waals surface area contributed by atoms with Gasteiger partial charge in [-0.15, -0.1) is 0 Å². The van der Waals surface area contributed by atoms with Crippen LogP contribution in [-0.4, -0.2) is 17.7 Å². The lowest BCUT2D eigenvalue weighted by Crippen LogP contribution is -2.43. The molecule has 17 heavy (non-hydrogen) atoms. The minimum absolute atomic E-state index is 0.576. The summed E-state index contributed by atoms with van der Waals surface area (Å²) in [6, 6.07) is 4.47. The van der Waals surface area contributed by atoms with Gasteiger partial charge in [0.2, 0.25) is 0 Å². The van der Waals surface area contributed by atoms with E-state index in [1.807, 2.05) is 12.1 Å². The van der Waals surface area contributed by atoms with Crippen LogP contribution in [0.3, 0.4) is 0 Å². The highest BCUT2D eigenvalue weighted by Gasteiger charge is 2.13. The zero-order chi connectivity index (χ0) is 11.9. The van der Waals surface area contributed by atoms with E-state index in [1.54, 1.807) is 6.26 Å². The molecule has 1 aliphatic carbocycles. The van der Waals surface area contributed by atoms with Gasteiger partial charge in [0.05, 0.1) is 6.26 Å². The van der Waals surface area contributed by atoms with Gasteiger partial charge in [0, 0.05) is 19.0 Å². The van der Waals surface area contributed by atoms with Gasteiger partial charge < -0.3 is 15.1 Å². The van der Waals surface area contributed by atoms with E-state index in [4.69, 9.17) is 16.6 Å². The second-order valence-electron chi connectivity index (χ2n) is 4.56. The molecule has 1 heterocycles. The van der Waals surface area contributed by atoms with Gasteiger partial charge in [-0.2, -0.15) is 0 Å². The normalized spacial score (nSPS) is 16.7. The molecular formula is C13H20N2OS. The number of thiocarbonyl (C=S) groups is 1. The second kappa shape index (κ2) is 6.64. The molecular weight excluding hydrogens is 232 g/mol. The molecule has 0 saturated heterocycles. The van der Waals surface area contributed by atoms with Crippen LogP contribution >= 0.6 is 12.2 Å². The number of rotatable bonds is 4. The molecule has 0 aromatic carbocycles. The molecule has 1 saturated carbocycles. The molecule has 0 aliphatic heterocycles. The summed E-state index contributed by atoms with van der Waals surface area (Å²) in [5.74, 6) is 0.998. The Hall–Kier alpha value is -1.03. The summed E-state index contributed by atoms with van der Waals surface area (Å²) >= 11 is 5.28. The predicted octanol–water partition coefficient (Wildman–Crippen LogP) is 2.62. The molecule has 0 bridgehead atoms. The van der Waals surface area contributed by atoms with Crippen molar-refractivity contribution in [2.45, 2.75) is 44.6 Å². The first-order chi connectivity index (χ1) is 8.34. The summed E-state index contributed by atoms with van der Waals surface area (Å²) in [5, 5.41) is 7.40. The maximum Gasteiger partial charge on any atom is 0.166 e. The third-order valence-electron chi connectivity index (χ3n) is 3.18. The lowest BCUT2D eigenvalue weighted by molar-refractivity contribution is 0.412.